The molecule has 0 aliphatic heterocycles. The van der Waals surface area contributed by atoms with Crippen molar-refractivity contribution in [1.82, 2.24) is 5.32 Å². The number of hydrogen-bond donors (Lipinski definition) is 2. The summed E-state index contributed by atoms with van der Waals surface area (Å²) in [5, 5.41) is 13.1. The summed E-state index contributed by atoms with van der Waals surface area (Å²) < 4.78 is 24.9. The zero-order valence-corrected chi connectivity index (χ0v) is 16.2. The highest BCUT2D eigenvalue weighted by atomic mass is 35.5. The zero-order valence-electron chi connectivity index (χ0n) is 14.7. The molecule has 2 rings (SSSR count). The molecule has 0 saturated carbocycles. The first-order chi connectivity index (χ1) is 12.5. The zero-order chi connectivity index (χ0) is 19.1. The van der Waals surface area contributed by atoms with Gasteiger partial charge in [0.15, 0.2) is 11.5 Å². The highest BCUT2D eigenvalue weighted by Gasteiger charge is 2.15. The molecular formula is C19H22Cl2FNO3. The van der Waals surface area contributed by atoms with Crippen LogP contribution < -0.4 is 14.8 Å². The number of nitrogens with one attached hydrogen (secondary N) is 1. The van der Waals surface area contributed by atoms with Crippen LogP contribution in [0.2, 0.25) is 10.0 Å². The van der Waals surface area contributed by atoms with E-state index >= 15 is 0 Å². The lowest BCUT2D eigenvalue weighted by atomic mass is 10.1. The Hall–Kier alpha value is -1.53. The first-order valence-corrected chi connectivity index (χ1v) is 9.02. The van der Waals surface area contributed by atoms with Gasteiger partial charge in [0.25, 0.3) is 0 Å². The number of halogens is 3. The first kappa shape index (κ1) is 20.8. The molecule has 142 valence electrons. The highest BCUT2D eigenvalue weighted by Crippen LogP contribution is 2.37. The molecule has 2 aromatic rings. The van der Waals surface area contributed by atoms with Crippen molar-refractivity contribution in [2.24, 2.45) is 0 Å². The Labute approximate surface area is 162 Å². The van der Waals surface area contributed by atoms with E-state index < -0.39 is 5.82 Å². The van der Waals surface area contributed by atoms with Crippen LogP contribution in [-0.2, 0) is 13.2 Å². The Morgan fingerprint density at radius 3 is 2.62 bits per heavy atom. The van der Waals surface area contributed by atoms with E-state index in [0.717, 1.165) is 12.0 Å². The molecular weight excluding hydrogens is 380 g/mol. The van der Waals surface area contributed by atoms with Crippen molar-refractivity contribution in [3.63, 3.8) is 0 Å². The summed E-state index contributed by atoms with van der Waals surface area (Å²) in [5.74, 6) is 0.327. The first-order valence-electron chi connectivity index (χ1n) is 8.26. The van der Waals surface area contributed by atoms with E-state index in [-0.39, 0.29) is 29.8 Å². The number of ether oxygens (including phenoxy) is 2. The third-order valence-corrected chi connectivity index (χ3v) is 4.65. The Morgan fingerprint density at radius 2 is 2.00 bits per heavy atom. The van der Waals surface area contributed by atoms with Crippen molar-refractivity contribution in [2.45, 2.75) is 32.5 Å². The quantitative estimate of drug-likeness (QED) is 0.645. The summed E-state index contributed by atoms with van der Waals surface area (Å²) in [5.41, 5.74) is 1.14. The fourth-order valence-corrected chi connectivity index (χ4v) is 2.94. The van der Waals surface area contributed by atoms with E-state index in [1.54, 1.807) is 18.2 Å². The summed E-state index contributed by atoms with van der Waals surface area (Å²) in [6.45, 7) is 2.51. The van der Waals surface area contributed by atoms with Gasteiger partial charge >= 0.3 is 0 Å². The minimum Gasteiger partial charge on any atom is -0.493 e. The lowest BCUT2D eigenvalue weighted by Gasteiger charge is -2.17. The van der Waals surface area contributed by atoms with Gasteiger partial charge in [-0.25, -0.2) is 4.39 Å². The van der Waals surface area contributed by atoms with Crippen molar-refractivity contribution >= 4 is 23.2 Å². The van der Waals surface area contributed by atoms with Crippen LogP contribution in [0, 0.1) is 5.82 Å². The summed E-state index contributed by atoms with van der Waals surface area (Å²) in [7, 11) is 1.51. The third kappa shape index (κ3) is 5.24. The average molecular weight is 402 g/mol. The number of aliphatic hydroxyl groups is 1. The molecule has 0 aliphatic carbocycles. The lowest BCUT2D eigenvalue weighted by molar-refractivity contribution is 0.238. The maximum atomic E-state index is 13.9. The van der Waals surface area contributed by atoms with Crippen LogP contribution in [-0.4, -0.2) is 24.9 Å². The fraction of sp³-hybridized carbons (Fsp3) is 0.368. The van der Waals surface area contributed by atoms with Gasteiger partial charge in [-0.15, -0.1) is 0 Å². The molecule has 1 atom stereocenters. The Kier molecular flexibility index (Phi) is 7.97. The monoisotopic (exact) mass is 401 g/mol. The van der Waals surface area contributed by atoms with Gasteiger partial charge in [0.1, 0.15) is 12.4 Å². The number of methoxy groups -OCH3 is 1. The average Bonchev–Trinajstić information content (AvgIpc) is 2.63. The second kappa shape index (κ2) is 9.97. The van der Waals surface area contributed by atoms with E-state index in [0.29, 0.717) is 23.1 Å². The molecule has 0 amide bonds. The van der Waals surface area contributed by atoms with Crippen LogP contribution in [0.1, 0.15) is 24.5 Å². The number of hydrogen-bond acceptors (Lipinski definition) is 4. The van der Waals surface area contributed by atoms with Crippen LogP contribution >= 0.6 is 23.2 Å². The molecule has 0 heterocycles. The molecule has 1 unspecified atom stereocenters. The molecule has 0 aliphatic rings. The SMILES string of the molecule is CCC(CO)NCc1cc(Cl)c(OCc2c(F)cccc2Cl)c(OC)c1. The summed E-state index contributed by atoms with van der Waals surface area (Å²) in [4.78, 5) is 0. The van der Waals surface area contributed by atoms with Gasteiger partial charge in [-0.05, 0) is 36.2 Å². The van der Waals surface area contributed by atoms with Crippen LogP contribution in [0.3, 0.4) is 0 Å². The molecule has 0 aromatic heterocycles. The molecule has 2 aromatic carbocycles. The van der Waals surface area contributed by atoms with E-state index in [2.05, 4.69) is 5.32 Å². The van der Waals surface area contributed by atoms with Crippen LogP contribution in [0.4, 0.5) is 4.39 Å². The van der Waals surface area contributed by atoms with Gasteiger partial charge in [-0.2, -0.15) is 0 Å². The fourth-order valence-electron chi connectivity index (χ4n) is 2.43. The van der Waals surface area contributed by atoms with Gasteiger partial charge in [0.2, 0.25) is 0 Å². The number of aliphatic hydroxyl groups excluding tert-OH is 1. The highest BCUT2D eigenvalue weighted by molar-refractivity contribution is 6.32. The Bertz CT molecular complexity index is 719. The van der Waals surface area contributed by atoms with Gasteiger partial charge in [0, 0.05) is 18.2 Å². The number of benzene rings is 2. The van der Waals surface area contributed by atoms with Crippen molar-refractivity contribution < 1.29 is 19.0 Å². The molecule has 0 fully saturated rings. The molecule has 0 bridgehead atoms. The van der Waals surface area contributed by atoms with E-state index in [4.69, 9.17) is 32.7 Å². The largest absolute Gasteiger partial charge is 0.493 e. The van der Waals surface area contributed by atoms with Crippen LogP contribution in [0.5, 0.6) is 11.5 Å². The van der Waals surface area contributed by atoms with Gasteiger partial charge in [-0.3, -0.25) is 0 Å². The molecule has 4 nitrogen and oxygen atoms in total. The predicted molar refractivity (Wildman–Crippen MR) is 102 cm³/mol. The Morgan fingerprint density at radius 1 is 1.23 bits per heavy atom. The van der Waals surface area contributed by atoms with Crippen LogP contribution in [0.15, 0.2) is 30.3 Å². The maximum Gasteiger partial charge on any atom is 0.180 e. The van der Waals surface area contributed by atoms with E-state index in [1.165, 1.54) is 19.2 Å². The smallest absolute Gasteiger partial charge is 0.180 e. The second-order valence-electron chi connectivity index (χ2n) is 5.77. The van der Waals surface area contributed by atoms with Gasteiger partial charge in [0.05, 0.1) is 23.8 Å². The predicted octanol–water partition coefficient (Wildman–Crippen LogP) is 4.58. The standard InChI is InChI=1S/C19H22Cl2FNO3/c1-3-13(10-24)23-9-12-7-16(21)19(18(8-12)25-2)26-11-14-15(20)5-4-6-17(14)22/h4-8,13,23-24H,3,9-11H2,1-2H3. The van der Waals surface area contributed by atoms with Gasteiger partial charge in [-0.1, -0.05) is 36.2 Å². The van der Waals surface area contributed by atoms with Crippen molar-refractivity contribution in [2.75, 3.05) is 13.7 Å². The van der Waals surface area contributed by atoms with Crippen LogP contribution in [0.25, 0.3) is 0 Å². The molecule has 26 heavy (non-hydrogen) atoms. The summed E-state index contributed by atoms with van der Waals surface area (Å²) in [6, 6.07) is 8.01. The summed E-state index contributed by atoms with van der Waals surface area (Å²) in [6.07, 6.45) is 0.811. The Balaban J connectivity index is 2.16. The molecule has 0 spiro atoms. The molecule has 7 heteroatoms. The van der Waals surface area contributed by atoms with Crippen molar-refractivity contribution in [1.29, 1.82) is 0 Å². The van der Waals surface area contributed by atoms with E-state index in [9.17, 15) is 9.50 Å². The lowest BCUT2D eigenvalue weighted by Crippen LogP contribution is -2.31. The van der Waals surface area contributed by atoms with E-state index in [1.807, 2.05) is 6.92 Å². The topological polar surface area (TPSA) is 50.7 Å². The minimum absolute atomic E-state index is 0.0129. The maximum absolute atomic E-state index is 13.9. The summed E-state index contributed by atoms with van der Waals surface area (Å²) >= 11 is 12.4. The third-order valence-electron chi connectivity index (χ3n) is 4.02. The van der Waals surface area contributed by atoms with Gasteiger partial charge < -0.3 is 19.9 Å². The molecule has 0 saturated heterocycles. The minimum atomic E-state index is -0.442. The molecule has 2 N–H and O–H groups in total. The van der Waals surface area contributed by atoms with Crippen molar-refractivity contribution in [3.8, 4) is 11.5 Å². The normalized spacial score (nSPS) is 12.1. The second-order valence-corrected chi connectivity index (χ2v) is 6.58. The number of rotatable bonds is 9. The van der Waals surface area contributed by atoms with Crippen molar-refractivity contribution in [3.05, 3.63) is 57.3 Å². The molecule has 0 radical (unpaired) electrons.